The number of rotatable bonds is 4. The van der Waals surface area contributed by atoms with E-state index in [0.29, 0.717) is 11.5 Å². The van der Waals surface area contributed by atoms with Crippen LogP contribution in [0, 0.1) is 5.41 Å². The van der Waals surface area contributed by atoms with Gasteiger partial charge in [0.2, 0.25) is 0 Å². The average molecular weight is 156 g/mol. The highest BCUT2D eigenvalue weighted by Crippen LogP contribution is 2.44. The van der Waals surface area contributed by atoms with Gasteiger partial charge in [0.1, 0.15) is 0 Å². The Morgan fingerprint density at radius 3 is 2.55 bits per heavy atom. The van der Waals surface area contributed by atoms with Gasteiger partial charge < -0.3 is 11.1 Å². The maximum absolute atomic E-state index is 5.63. The fourth-order valence-corrected chi connectivity index (χ4v) is 1.30. The van der Waals surface area contributed by atoms with Gasteiger partial charge in [-0.3, -0.25) is 0 Å². The van der Waals surface area contributed by atoms with Crippen LogP contribution in [0.4, 0.5) is 0 Å². The van der Waals surface area contributed by atoms with Gasteiger partial charge in [0.15, 0.2) is 0 Å². The van der Waals surface area contributed by atoms with E-state index in [0.717, 1.165) is 19.0 Å². The number of hydrogen-bond donors (Lipinski definition) is 2. The Bertz CT molecular complexity index is 130. The minimum atomic E-state index is 0.337. The molecule has 1 rings (SSSR count). The maximum Gasteiger partial charge on any atom is 0.0124 e. The van der Waals surface area contributed by atoms with Crippen LogP contribution in [0.3, 0.4) is 0 Å². The minimum absolute atomic E-state index is 0.337. The molecule has 1 aliphatic rings. The van der Waals surface area contributed by atoms with Gasteiger partial charge in [-0.05, 0) is 31.7 Å². The van der Waals surface area contributed by atoms with Crippen LogP contribution in [0.2, 0.25) is 0 Å². The molecule has 0 saturated heterocycles. The van der Waals surface area contributed by atoms with Gasteiger partial charge >= 0.3 is 0 Å². The molecule has 0 aromatic heterocycles. The SMILES string of the molecule is CC(N)CCNC1CC1(C)C. The van der Waals surface area contributed by atoms with E-state index in [4.69, 9.17) is 5.73 Å². The van der Waals surface area contributed by atoms with E-state index in [2.05, 4.69) is 26.1 Å². The molecule has 0 aromatic carbocycles. The number of nitrogens with two attached hydrogens (primary N) is 1. The summed E-state index contributed by atoms with van der Waals surface area (Å²) in [7, 11) is 0. The molecule has 2 heteroatoms. The highest BCUT2D eigenvalue weighted by Gasteiger charge is 2.44. The lowest BCUT2D eigenvalue weighted by atomic mass is 10.2. The van der Waals surface area contributed by atoms with E-state index in [9.17, 15) is 0 Å². The Labute approximate surface area is 69.5 Å². The van der Waals surface area contributed by atoms with Crippen LogP contribution in [0.5, 0.6) is 0 Å². The molecule has 11 heavy (non-hydrogen) atoms. The standard InChI is InChI=1S/C9H20N2/c1-7(10)4-5-11-8-6-9(8,2)3/h7-8,11H,4-6,10H2,1-3H3. The quantitative estimate of drug-likeness (QED) is 0.640. The summed E-state index contributed by atoms with van der Waals surface area (Å²) in [5, 5.41) is 3.50. The molecule has 0 aromatic rings. The summed E-state index contributed by atoms with van der Waals surface area (Å²) in [5.74, 6) is 0. The number of hydrogen-bond acceptors (Lipinski definition) is 2. The van der Waals surface area contributed by atoms with Crippen molar-refractivity contribution in [3.05, 3.63) is 0 Å². The summed E-state index contributed by atoms with van der Waals surface area (Å²) in [4.78, 5) is 0. The van der Waals surface area contributed by atoms with Crippen LogP contribution in [0.25, 0.3) is 0 Å². The summed E-state index contributed by atoms with van der Waals surface area (Å²) < 4.78 is 0. The Kier molecular flexibility index (Phi) is 2.55. The summed E-state index contributed by atoms with van der Waals surface area (Å²) in [6.45, 7) is 7.73. The van der Waals surface area contributed by atoms with Crippen molar-refractivity contribution in [1.29, 1.82) is 0 Å². The van der Waals surface area contributed by atoms with Gasteiger partial charge in [-0.2, -0.15) is 0 Å². The van der Waals surface area contributed by atoms with E-state index in [1.807, 2.05) is 0 Å². The molecule has 2 nitrogen and oxygen atoms in total. The summed E-state index contributed by atoms with van der Waals surface area (Å²) >= 11 is 0. The molecule has 3 N–H and O–H groups in total. The van der Waals surface area contributed by atoms with Crippen molar-refractivity contribution in [2.75, 3.05) is 6.54 Å². The van der Waals surface area contributed by atoms with Crippen molar-refractivity contribution < 1.29 is 0 Å². The molecular formula is C9H20N2. The monoisotopic (exact) mass is 156 g/mol. The third-order valence-corrected chi connectivity index (χ3v) is 2.50. The van der Waals surface area contributed by atoms with Crippen molar-refractivity contribution in [2.45, 2.75) is 45.7 Å². The molecular weight excluding hydrogens is 136 g/mol. The molecule has 1 aliphatic carbocycles. The Balaban J connectivity index is 1.98. The smallest absolute Gasteiger partial charge is 0.0124 e. The van der Waals surface area contributed by atoms with Crippen molar-refractivity contribution in [1.82, 2.24) is 5.32 Å². The summed E-state index contributed by atoms with van der Waals surface area (Å²) in [6.07, 6.45) is 2.42. The Morgan fingerprint density at radius 1 is 1.64 bits per heavy atom. The molecule has 0 aliphatic heterocycles. The van der Waals surface area contributed by atoms with Crippen LogP contribution < -0.4 is 11.1 Å². The molecule has 0 radical (unpaired) electrons. The first kappa shape index (κ1) is 9.01. The second-order valence-electron chi connectivity index (χ2n) is 4.47. The van der Waals surface area contributed by atoms with E-state index < -0.39 is 0 Å². The fourth-order valence-electron chi connectivity index (χ4n) is 1.30. The first-order valence-electron chi connectivity index (χ1n) is 4.51. The summed E-state index contributed by atoms with van der Waals surface area (Å²) in [5.41, 5.74) is 6.18. The minimum Gasteiger partial charge on any atom is -0.328 e. The molecule has 66 valence electrons. The molecule has 1 fully saturated rings. The topological polar surface area (TPSA) is 38.0 Å². The van der Waals surface area contributed by atoms with Gasteiger partial charge in [0.25, 0.3) is 0 Å². The van der Waals surface area contributed by atoms with E-state index in [-0.39, 0.29) is 0 Å². The van der Waals surface area contributed by atoms with E-state index >= 15 is 0 Å². The highest BCUT2D eigenvalue weighted by molar-refractivity contribution is 5.01. The van der Waals surface area contributed by atoms with Gasteiger partial charge in [-0.25, -0.2) is 0 Å². The molecule has 0 bridgehead atoms. The third-order valence-electron chi connectivity index (χ3n) is 2.50. The van der Waals surface area contributed by atoms with Crippen molar-refractivity contribution in [2.24, 2.45) is 11.1 Å². The number of nitrogens with one attached hydrogen (secondary N) is 1. The predicted octanol–water partition coefficient (Wildman–Crippen LogP) is 1.11. The van der Waals surface area contributed by atoms with Crippen LogP contribution in [-0.4, -0.2) is 18.6 Å². The zero-order chi connectivity index (χ0) is 8.48. The lowest BCUT2D eigenvalue weighted by Crippen LogP contribution is -2.27. The largest absolute Gasteiger partial charge is 0.328 e. The molecule has 2 atom stereocenters. The Morgan fingerprint density at radius 2 is 2.18 bits per heavy atom. The maximum atomic E-state index is 5.63. The lowest BCUT2D eigenvalue weighted by Gasteiger charge is -2.07. The second kappa shape index (κ2) is 3.11. The predicted molar refractivity (Wildman–Crippen MR) is 48.5 cm³/mol. The molecule has 2 unspecified atom stereocenters. The summed E-state index contributed by atoms with van der Waals surface area (Å²) in [6, 6.07) is 1.09. The van der Waals surface area contributed by atoms with E-state index in [1.165, 1.54) is 6.42 Å². The van der Waals surface area contributed by atoms with Gasteiger partial charge in [-0.15, -0.1) is 0 Å². The van der Waals surface area contributed by atoms with Crippen LogP contribution >= 0.6 is 0 Å². The second-order valence-corrected chi connectivity index (χ2v) is 4.47. The van der Waals surface area contributed by atoms with Gasteiger partial charge in [-0.1, -0.05) is 13.8 Å². The molecule has 0 amide bonds. The molecule has 1 saturated carbocycles. The van der Waals surface area contributed by atoms with Crippen LogP contribution in [-0.2, 0) is 0 Å². The van der Waals surface area contributed by atoms with Gasteiger partial charge in [0, 0.05) is 12.1 Å². The van der Waals surface area contributed by atoms with Crippen molar-refractivity contribution in [3.8, 4) is 0 Å². The highest BCUT2D eigenvalue weighted by atomic mass is 15.0. The zero-order valence-electron chi connectivity index (χ0n) is 7.85. The normalized spacial score (nSPS) is 30.0. The van der Waals surface area contributed by atoms with Crippen LogP contribution in [0.1, 0.15) is 33.6 Å². The van der Waals surface area contributed by atoms with Crippen molar-refractivity contribution in [3.63, 3.8) is 0 Å². The average Bonchev–Trinajstić information content (AvgIpc) is 2.39. The third kappa shape index (κ3) is 2.80. The first-order valence-corrected chi connectivity index (χ1v) is 4.51. The molecule has 0 spiro atoms. The van der Waals surface area contributed by atoms with E-state index in [1.54, 1.807) is 0 Å². The zero-order valence-corrected chi connectivity index (χ0v) is 7.85. The Hall–Kier alpha value is -0.0800. The molecule has 0 heterocycles. The van der Waals surface area contributed by atoms with Crippen molar-refractivity contribution >= 4 is 0 Å². The lowest BCUT2D eigenvalue weighted by molar-refractivity contribution is 0.518. The fraction of sp³-hybridized carbons (Fsp3) is 1.00. The first-order chi connectivity index (χ1) is 5.02. The van der Waals surface area contributed by atoms with Gasteiger partial charge in [0.05, 0.1) is 0 Å². The van der Waals surface area contributed by atoms with Crippen LogP contribution in [0.15, 0.2) is 0 Å².